The molecule has 0 aromatic heterocycles. The van der Waals surface area contributed by atoms with Gasteiger partial charge in [-0.1, -0.05) is 91.0 Å². The van der Waals surface area contributed by atoms with Gasteiger partial charge in [-0.15, -0.1) is 0 Å². The van der Waals surface area contributed by atoms with Crippen LogP contribution in [0.2, 0.25) is 0 Å². The Labute approximate surface area is 205 Å². The van der Waals surface area contributed by atoms with Crippen molar-refractivity contribution in [1.29, 1.82) is 0 Å². The first kappa shape index (κ1) is 25.0. The fraction of sp³-hybridized carbons (Fsp3) is 0.321. The molecule has 5 atom stereocenters. The number of ether oxygens (including phenoxy) is 5. The summed E-state index contributed by atoms with van der Waals surface area (Å²) >= 11 is 0. The third-order valence-corrected chi connectivity index (χ3v) is 5.83. The normalized spacial score (nSPS) is 24.2. The second-order valence-corrected chi connectivity index (χ2v) is 8.28. The molecule has 0 spiro atoms. The highest BCUT2D eigenvalue weighted by atomic mass is 16.7. The molecule has 3 aromatic carbocycles. The molecular weight excluding hydrogens is 448 g/mol. The molecule has 1 N–H and O–H groups in total. The Morgan fingerprint density at radius 2 is 1.09 bits per heavy atom. The lowest BCUT2D eigenvalue weighted by molar-refractivity contribution is -0.314. The van der Waals surface area contributed by atoms with Gasteiger partial charge in [0.1, 0.15) is 18.3 Å². The summed E-state index contributed by atoms with van der Waals surface area (Å²) in [5.41, 5.74) is 2.82. The Morgan fingerprint density at radius 1 is 0.686 bits per heavy atom. The summed E-state index contributed by atoms with van der Waals surface area (Å²) in [6, 6.07) is 28.9. The minimum atomic E-state index is -1.29. The number of rotatable bonds is 11. The summed E-state index contributed by atoms with van der Waals surface area (Å²) in [5.74, 6) is -1.15. The minimum absolute atomic E-state index is 0.201. The van der Waals surface area contributed by atoms with Gasteiger partial charge >= 0.3 is 5.97 Å². The van der Waals surface area contributed by atoms with Gasteiger partial charge in [0.2, 0.25) is 0 Å². The molecule has 184 valence electrons. The fourth-order valence-electron chi connectivity index (χ4n) is 4.05. The molecule has 1 aliphatic heterocycles. The molecule has 5 unspecified atom stereocenters. The van der Waals surface area contributed by atoms with Crippen molar-refractivity contribution in [3.8, 4) is 0 Å². The molecule has 0 radical (unpaired) electrons. The van der Waals surface area contributed by atoms with Crippen LogP contribution in [0.4, 0.5) is 0 Å². The zero-order valence-corrected chi connectivity index (χ0v) is 19.6. The molecule has 1 aliphatic rings. The molecule has 7 heteroatoms. The summed E-state index contributed by atoms with van der Waals surface area (Å²) in [6.07, 6.45) is -4.65. The number of hydrogen-bond acceptors (Lipinski definition) is 6. The summed E-state index contributed by atoms with van der Waals surface area (Å²) < 4.78 is 30.0. The Kier molecular flexibility index (Phi) is 9.00. The first-order valence-electron chi connectivity index (χ1n) is 11.5. The molecule has 35 heavy (non-hydrogen) atoms. The van der Waals surface area contributed by atoms with Gasteiger partial charge in [-0.25, -0.2) is 4.79 Å². The highest BCUT2D eigenvalue weighted by Gasteiger charge is 2.51. The van der Waals surface area contributed by atoms with Crippen molar-refractivity contribution < 1.29 is 33.6 Å². The highest BCUT2D eigenvalue weighted by molar-refractivity contribution is 5.73. The first-order valence-corrected chi connectivity index (χ1v) is 11.5. The molecule has 0 aliphatic carbocycles. The lowest BCUT2D eigenvalue weighted by Crippen LogP contribution is -2.62. The number of benzene rings is 3. The Bertz CT molecular complexity index is 1030. The largest absolute Gasteiger partial charge is 0.479 e. The smallest absolute Gasteiger partial charge is 0.335 e. The molecule has 1 fully saturated rings. The van der Waals surface area contributed by atoms with Gasteiger partial charge in [0.25, 0.3) is 0 Å². The van der Waals surface area contributed by atoms with Crippen LogP contribution < -0.4 is 0 Å². The van der Waals surface area contributed by atoms with Crippen molar-refractivity contribution in [1.82, 2.24) is 0 Å². The van der Waals surface area contributed by atoms with E-state index in [4.69, 9.17) is 23.7 Å². The zero-order chi connectivity index (χ0) is 24.5. The second-order valence-electron chi connectivity index (χ2n) is 8.28. The van der Waals surface area contributed by atoms with Gasteiger partial charge in [0, 0.05) is 7.11 Å². The monoisotopic (exact) mass is 478 g/mol. The Hall–Kier alpha value is -3.07. The van der Waals surface area contributed by atoms with Crippen LogP contribution in [0.3, 0.4) is 0 Å². The number of carbonyl (C=O) groups is 1. The van der Waals surface area contributed by atoms with Crippen LogP contribution in [0.5, 0.6) is 0 Å². The Balaban J connectivity index is 1.60. The summed E-state index contributed by atoms with van der Waals surface area (Å²) in [4.78, 5) is 12.2. The van der Waals surface area contributed by atoms with E-state index in [-0.39, 0.29) is 19.8 Å². The third-order valence-electron chi connectivity index (χ3n) is 5.83. The SMILES string of the molecule is COC1OC(C(=O)O)C(OCc2ccccc2)C(OCc2ccccc2)C1OCc1ccccc1. The topological polar surface area (TPSA) is 83.5 Å². The van der Waals surface area contributed by atoms with Crippen LogP contribution >= 0.6 is 0 Å². The summed E-state index contributed by atoms with van der Waals surface area (Å²) in [7, 11) is 1.46. The molecule has 7 nitrogen and oxygen atoms in total. The van der Waals surface area contributed by atoms with Crippen molar-refractivity contribution in [2.45, 2.75) is 50.5 Å². The van der Waals surface area contributed by atoms with Crippen molar-refractivity contribution in [2.24, 2.45) is 0 Å². The van der Waals surface area contributed by atoms with Gasteiger partial charge in [0.15, 0.2) is 12.4 Å². The minimum Gasteiger partial charge on any atom is -0.479 e. The number of carboxylic acid groups (broad SMARTS) is 1. The van der Waals surface area contributed by atoms with E-state index >= 15 is 0 Å². The van der Waals surface area contributed by atoms with Crippen LogP contribution in [0.1, 0.15) is 16.7 Å². The quantitative estimate of drug-likeness (QED) is 0.442. The molecule has 0 bridgehead atoms. The molecule has 0 saturated carbocycles. The van der Waals surface area contributed by atoms with Crippen molar-refractivity contribution >= 4 is 5.97 Å². The summed E-state index contributed by atoms with van der Waals surface area (Å²) in [5, 5.41) is 9.96. The van der Waals surface area contributed by atoms with Crippen LogP contribution in [0.15, 0.2) is 91.0 Å². The lowest BCUT2D eigenvalue weighted by Gasteiger charge is -2.44. The van der Waals surface area contributed by atoms with E-state index in [1.165, 1.54) is 7.11 Å². The molecule has 1 saturated heterocycles. The van der Waals surface area contributed by atoms with Gasteiger partial charge < -0.3 is 28.8 Å². The van der Waals surface area contributed by atoms with E-state index < -0.39 is 36.7 Å². The van der Waals surface area contributed by atoms with Crippen molar-refractivity contribution in [2.75, 3.05) is 7.11 Å². The van der Waals surface area contributed by atoms with Crippen LogP contribution in [0, 0.1) is 0 Å². The molecule has 0 amide bonds. The Morgan fingerprint density at radius 3 is 1.49 bits per heavy atom. The average molecular weight is 479 g/mol. The maximum atomic E-state index is 12.2. The van der Waals surface area contributed by atoms with Crippen molar-refractivity contribution in [3.63, 3.8) is 0 Å². The average Bonchev–Trinajstić information content (AvgIpc) is 2.91. The molecule has 1 heterocycles. The maximum absolute atomic E-state index is 12.2. The van der Waals surface area contributed by atoms with E-state index in [9.17, 15) is 9.90 Å². The third kappa shape index (κ3) is 6.75. The molecular formula is C28H30O7. The molecule has 3 aromatic rings. The number of carboxylic acids is 1. The van der Waals surface area contributed by atoms with Crippen molar-refractivity contribution in [3.05, 3.63) is 108 Å². The van der Waals surface area contributed by atoms with Gasteiger partial charge in [-0.05, 0) is 16.7 Å². The highest BCUT2D eigenvalue weighted by Crippen LogP contribution is 2.31. The first-order chi connectivity index (χ1) is 17.2. The van der Waals surface area contributed by atoms with E-state index in [2.05, 4.69) is 0 Å². The second kappa shape index (κ2) is 12.6. The fourth-order valence-corrected chi connectivity index (χ4v) is 4.05. The van der Waals surface area contributed by atoms with E-state index in [0.717, 1.165) is 16.7 Å². The number of methoxy groups -OCH3 is 1. The summed E-state index contributed by atoms with van der Waals surface area (Å²) in [6.45, 7) is 0.737. The van der Waals surface area contributed by atoms with Gasteiger partial charge in [-0.3, -0.25) is 0 Å². The lowest BCUT2D eigenvalue weighted by atomic mass is 9.97. The number of hydrogen-bond donors (Lipinski definition) is 1. The van der Waals surface area contributed by atoms with Crippen LogP contribution in [-0.4, -0.2) is 48.9 Å². The zero-order valence-electron chi connectivity index (χ0n) is 19.6. The van der Waals surface area contributed by atoms with Crippen LogP contribution in [0.25, 0.3) is 0 Å². The van der Waals surface area contributed by atoms with E-state index in [1.807, 2.05) is 91.0 Å². The number of aliphatic carboxylic acids is 1. The standard InChI is InChI=1S/C28H30O7/c1-31-28-26(34-19-22-15-9-4-10-16-22)24(33-18-21-13-7-3-8-14-21)23(25(35-28)27(29)30)32-17-20-11-5-2-6-12-20/h2-16,23-26,28H,17-19H2,1H3,(H,29,30). The van der Waals surface area contributed by atoms with E-state index in [0.29, 0.717) is 0 Å². The van der Waals surface area contributed by atoms with Gasteiger partial charge in [-0.2, -0.15) is 0 Å². The van der Waals surface area contributed by atoms with Gasteiger partial charge in [0.05, 0.1) is 19.8 Å². The molecule has 4 rings (SSSR count). The van der Waals surface area contributed by atoms with E-state index in [1.54, 1.807) is 0 Å². The predicted octanol–water partition coefficient (Wildman–Crippen LogP) is 4.20. The predicted molar refractivity (Wildman–Crippen MR) is 128 cm³/mol. The van der Waals surface area contributed by atoms with Crippen LogP contribution in [-0.2, 0) is 48.3 Å². The maximum Gasteiger partial charge on any atom is 0.335 e.